The highest BCUT2D eigenvalue weighted by Gasteiger charge is 2.20. The number of hydrogen-bond acceptors (Lipinski definition) is 4. The second kappa shape index (κ2) is 8.12. The molecule has 146 valence electrons. The van der Waals surface area contributed by atoms with Gasteiger partial charge in [-0.3, -0.25) is 14.6 Å². The van der Waals surface area contributed by atoms with Gasteiger partial charge in [0.2, 0.25) is 5.91 Å². The van der Waals surface area contributed by atoms with Gasteiger partial charge in [0.1, 0.15) is 5.82 Å². The number of anilines is 1. The molecule has 2 heterocycles. The monoisotopic (exact) mass is 377 g/mol. The number of amides is 1. The van der Waals surface area contributed by atoms with Crippen molar-refractivity contribution in [3.63, 3.8) is 0 Å². The van der Waals surface area contributed by atoms with E-state index >= 15 is 0 Å². The van der Waals surface area contributed by atoms with Crippen LogP contribution in [0.15, 0.2) is 42.5 Å². The van der Waals surface area contributed by atoms with Gasteiger partial charge in [0.25, 0.3) is 0 Å². The molecule has 1 aromatic heterocycles. The van der Waals surface area contributed by atoms with E-state index in [1.807, 2.05) is 37.3 Å². The van der Waals surface area contributed by atoms with Crippen molar-refractivity contribution in [1.29, 1.82) is 0 Å². The van der Waals surface area contributed by atoms with Crippen molar-refractivity contribution >= 4 is 22.6 Å². The number of H-pyrrole nitrogens is 1. The third kappa shape index (κ3) is 4.24. The van der Waals surface area contributed by atoms with Crippen LogP contribution in [0.25, 0.3) is 11.0 Å². The molecule has 2 N–H and O–H groups in total. The Morgan fingerprint density at radius 3 is 2.57 bits per heavy atom. The fourth-order valence-corrected chi connectivity index (χ4v) is 3.68. The molecule has 0 radical (unpaired) electrons. The molecule has 1 amide bonds. The minimum atomic E-state index is 0.0550. The maximum atomic E-state index is 12.4. The molecule has 28 heavy (non-hydrogen) atoms. The van der Waals surface area contributed by atoms with Crippen LogP contribution >= 0.6 is 0 Å². The molecule has 0 saturated carbocycles. The predicted molar refractivity (Wildman–Crippen MR) is 112 cm³/mol. The highest BCUT2D eigenvalue weighted by molar-refractivity contribution is 5.93. The Morgan fingerprint density at radius 1 is 1.04 bits per heavy atom. The van der Waals surface area contributed by atoms with Crippen molar-refractivity contribution in [3.05, 3.63) is 59.4 Å². The van der Waals surface area contributed by atoms with Crippen molar-refractivity contribution in [2.75, 3.05) is 38.0 Å². The minimum absolute atomic E-state index is 0.0550. The summed E-state index contributed by atoms with van der Waals surface area (Å²) in [5.74, 6) is 1.06. The summed E-state index contributed by atoms with van der Waals surface area (Å²) in [4.78, 5) is 25.1. The molecule has 0 spiro atoms. The number of fused-ring (bicyclic) bond motifs is 1. The van der Waals surface area contributed by atoms with Gasteiger partial charge in [0.05, 0.1) is 24.1 Å². The van der Waals surface area contributed by atoms with Crippen LogP contribution in [0.1, 0.15) is 17.0 Å². The maximum Gasteiger partial charge on any atom is 0.238 e. The molecule has 1 saturated heterocycles. The normalized spacial score (nSPS) is 15.8. The van der Waals surface area contributed by atoms with Gasteiger partial charge in [0, 0.05) is 31.9 Å². The van der Waals surface area contributed by atoms with Crippen LogP contribution in [-0.4, -0.2) is 58.4 Å². The molecule has 3 aromatic rings. The number of para-hydroxylation sites is 2. The van der Waals surface area contributed by atoms with Crippen molar-refractivity contribution in [1.82, 2.24) is 19.8 Å². The van der Waals surface area contributed by atoms with E-state index in [4.69, 9.17) is 0 Å². The number of aryl methyl sites for hydroxylation is 1. The lowest BCUT2D eigenvalue weighted by Crippen LogP contribution is -2.48. The SMILES string of the molecule is Cc1cccc(NC(=O)CN2CCN(Cc3nc4ccccc4[nH]3)CC2)c1C. The molecule has 0 bridgehead atoms. The van der Waals surface area contributed by atoms with Crippen LogP contribution in [0.2, 0.25) is 0 Å². The fraction of sp³-hybridized carbons (Fsp3) is 0.364. The summed E-state index contributed by atoms with van der Waals surface area (Å²) in [5, 5.41) is 3.06. The van der Waals surface area contributed by atoms with Gasteiger partial charge in [-0.15, -0.1) is 0 Å². The van der Waals surface area contributed by atoms with Crippen LogP contribution in [0.4, 0.5) is 5.69 Å². The van der Waals surface area contributed by atoms with E-state index in [0.29, 0.717) is 6.54 Å². The zero-order valence-electron chi connectivity index (χ0n) is 16.5. The summed E-state index contributed by atoms with van der Waals surface area (Å²) in [6.45, 7) is 9.01. The van der Waals surface area contributed by atoms with Crippen LogP contribution in [0, 0.1) is 13.8 Å². The van der Waals surface area contributed by atoms with Crippen LogP contribution in [0.5, 0.6) is 0 Å². The van der Waals surface area contributed by atoms with Gasteiger partial charge < -0.3 is 10.3 Å². The highest BCUT2D eigenvalue weighted by atomic mass is 16.2. The zero-order chi connectivity index (χ0) is 19.5. The van der Waals surface area contributed by atoms with Crippen molar-refractivity contribution in [2.45, 2.75) is 20.4 Å². The molecule has 0 atom stereocenters. The van der Waals surface area contributed by atoms with Crippen molar-refractivity contribution in [3.8, 4) is 0 Å². The Labute approximate surface area is 165 Å². The van der Waals surface area contributed by atoms with Gasteiger partial charge in [0.15, 0.2) is 0 Å². The van der Waals surface area contributed by atoms with Gasteiger partial charge >= 0.3 is 0 Å². The summed E-state index contributed by atoms with van der Waals surface area (Å²) in [6, 6.07) is 14.1. The van der Waals surface area contributed by atoms with E-state index in [1.54, 1.807) is 0 Å². The predicted octanol–water partition coefficient (Wildman–Crippen LogP) is 2.94. The number of rotatable bonds is 5. The second-order valence-corrected chi connectivity index (χ2v) is 7.55. The number of nitrogens with zero attached hydrogens (tertiary/aromatic N) is 3. The average Bonchev–Trinajstić information content (AvgIpc) is 3.09. The first kappa shape index (κ1) is 18.7. The summed E-state index contributed by atoms with van der Waals surface area (Å²) < 4.78 is 0. The summed E-state index contributed by atoms with van der Waals surface area (Å²) >= 11 is 0. The first-order valence-electron chi connectivity index (χ1n) is 9.83. The third-order valence-electron chi connectivity index (χ3n) is 5.52. The maximum absolute atomic E-state index is 12.4. The van der Waals surface area contributed by atoms with Gasteiger partial charge in [-0.05, 0) is 43.2 Å². The smallest absolute Gasteiger partial charge is 0.238 e. The first-order valence-corrected chi connectivity index (χ1v) is 9.83. The average molecular weight is 377 g/mol. The summed E-state index contributed by atoms with van der Waals surface area (Å²) in [7, 11) is 0. The molecule has 1 aliphatic rings. The molecule has 1 fully saturated rings. The zero-order valence-corrected chi connectivity index (χ0v) is 16.5. The van der Waals surface area contributed by atoms with Crippen molar-refractivity contribution in [2.24, 2.45) is 0 Å². The second-order valence-electron chi connectivity index (χ2n) is 7.55. The van der Waals surface area contributed by atoms with E-state index in [1.165, 1.54) is 5.56 Å². The molecule has 0 aliphatic carbocycles. The number of carbonyl (C=O) groups excluding carboxylic acids is 1. The number of imidazole rings is 1. The number of carbonyl (C=O) groups is 1. The molecule has 4 rings (SSSR count). The van der Waals surface area contributed by atoms with Crippen LogP contribution < -0.4 is 5.32 Å². The third-order valence-corrected chi connectivity index (χ3v) is 5.52. The Bertz CT molecular complexity index is 939. The summed E-state index contributed by atoms with van der Waals surface area (Å²) in [6.07, 6.45) is 0. The number of aromatic nitrogens is 2. The quantitative estimate of drug-likeness (QED) is 0.718. The van der Waals surface area contributed by atoms with E-state index in [2.05, 4.69) is 44.1 Å². The lowest BCUT2D eigenvalue weighted by atomic mass is 10.1. The number of aromatic amines is 1. The number of nitrogens with one attached hydrogen (secondary N) is 2. The van der Waals surface area contributed by atoms with Crippen LogP contribution in [-0.2, 0) is 11.3 Å². The lowest BCUT2D eigenvalue weighted by Gasteiger charge is -2.33. The van der Waals surface area contributed by atoms with Gasteiger partial charge in [-0.25, -0.2) is 4.98 Å². The number of benzene rings is 2. The largest absolute Gasteiger partial charge is 0.341 e. The van der Waals surface area contributed by atoms with Crippen molar-refractivity contribution < 1.29 is 4.79 Å². The van der Waals surface area contributed by atoms with E-state index < -0.39 is 0 Å². The molecule has 2 aromatic carbocycles. The molecule has 6 heteroatoms. The molecule has 1 aliphatic heterocycles. The molecule has 6 nitrogen and oxygen atoms in total. The topological polar surface area (TPSA) is 64.3 Å². The minimum Gasteiger partial charge on any atom is -0.341 e. The number of piperazine rings is 1. The van der Waals surface area contributed by atoms with Gasteiger partial charge in [-0.1, -0.05) is 24.3 Å². The van der Waals surface area contributed by atoms with E-state index in [9.17, 15) is 4.79 Å². The van der Waals surface area contributed by atoms with Crippen LogP contribution in [0.3, 0.4) is 0 Å². The highest BCUT2D eigenvalue weighted by Crippen LogP contribution is 2.18. The van der Waals surface area contributed by atoms with E-state index in [-0.39, 0.29) is 5.91 Å². The van der Waals surface area contributed by atoms with E-state index in [0.717, 1.165) is 60.8 Å². The fourth-order valence-electron chi connectivity index (χ4n) is 3.68. The summed E-state index contributed by atoms with van der Waals surface area (Å²) in [5.41, 5.74) is 5.33. The van der Waals surface area contributed by atoms with Gasteiger partial charge in [-0.2, -0.15) is 0 Å². The Kier molecular flexibility index (Phi) is 5.41. The Hall–Kier alpha value is -2.70. The molecular weight excluding hydrogens is 350 g/mol. The Morgan fingerprint density at radius 2 is 1.79 bits per heavy atom. The number of hydrogen-bond donors (Lipinski definition) is 2. The lowest BCUT2D eigenvalue weighted by molar-refractivity contribution is -0.117. The standard InChI is InChI=1S/C22H27N5O/c1-16-6-5-9-18(17(16)2)25-22(28)15-27-12-10-26(11-13-27)14-21-23-19-7-3-4-8-20(19)24-21/h3-9H,10-15H2,1-2H3,(H,23,24)(H,25,28). The Balaban J connectivity index is 1.27. The molecule has 0 unspecified atom stereocenters. The molecular formula is C22H27N5O. The first-order chi connectivity index (χ1) is 13.6.